The van der Waals surface area contributed by atoms with E-state index in [2.05, 4.69) is 52.2 Å². The van der Waals surface area contributed by atoms with Crippen LogP contribution in [0.25, 0.3) is 0 Å². The molecule has 0 aliphatic heterocycles. The number of anilines is 6. The Kier molecular flexibility index (Phi) is 17.1. The first-order chi connectivity index (χ1) is 38.3. The molecule has 28 nitrogen and oxygen atoms in total. The zero-order valence-corrected chi connectivity index (χ0v) is 44.9. The number of carbonyl (C=O) groups is 8. The van der Waals surface area contributed by atoms with Crippen LogP contribution < -0.4 is 48.7 Å². The highest BCUT2D eigenvalue weighted by Crippen LogP contribution is 2.23. The summed E-state index contributed by atoms with van der Waals surface area (Å²) in [6, 6.07) is 7.62. The van der Waals surface area contributed by atoms with Gasteiger partial charge in [0.05, 0.1) is 28.4 Å². The molecule has 0 bridgehead atoms. The van der Waals surface area contributed by atoms with Crippen LogP contribution in [0, 0.1) is 0 Å². The zero-order chi connectivity index (χ0) is 57.4. The third kappa shape index (κ3) is 12.9. The normalized spacial score (nSPS) is 11.1. The quantitative estimate of drug-likeness (QED) is 0.0393. The molecule has 0 radical (unpaired) electrons. The smallest absolute Gasteiger partial charge is 0.292 e. The number of aromatic nitrogens is 11. The molecule has 0 aliphatic rings. The van der Waals surface area contributed by atoms with E-state index in [1.807, 2.05) is 0 Å². The molecule has 8 aromatic rings. The fourth-order valence-corrected chi connectivity index (χ4v) is 8.96. The summed E-state index contributed by atoms with van der Waals surface area (Å²) >= 11 is 0. The van der Waals surface area contributed by atoms with Gasteiger partial charge in [0, 0.05) is 124 Å². The Labute approximate surface area is 457 Å². The highest BCUT2D eigenvalue weighted by molar-refractivity contribution is 6.09. The predicted molar refractivity (Wildman–Crippen MR) is 296 cm³/mol. The van der Waals surface area contributed by atoms with Gasteiger partial charge in [-0.1, -0.05) is 12.8 Å². The van der Waals surface area contributed by atoms with Crippen LogP contribution >= 0.6 is 0 Å². The lowest BCUT2D eigenvalue weighted by molar-refractivity contribution is 0.0950. The average Bonchev–Trinajstić information content (AvgIpc) is 4.29. The molecular formula is C52H62N20O8. The number of aryl methyl sites for hydroxylation is 8. The van der Waals surface area contributed by atoms with Crippen LogP contribution in [0.1, 0.15) is 116 Å². The van der Waals surface area contributed by atoms with E-state index < -0.39 is 41.4 Å². The van der Waals surface area contributed by atoms with Crippen LogP contribution in [-0.2, 0) is 54.9 Å². The van der Waals surface area contributed by atoms with Crippen molar-refractivity contribution in [3.05, 3.63) is 138 Å². The van der Waals surface area contributed by atoms with E-state index in [9.17, 15) is 38.4 Å². The van der Waals surface area contributed by atoms with Crippen molar-refractivity contribution in [1.29, 1.82) is 0 Å². The highest BCUT2D eigenvalue weighted by Gasteiger charge is 2.24. The SMILES string of the molecule is CNC(=O)c1cc(NC(=O)c2cc(NC(=O)c3cc(NC(=O)c4nccn4CCCCCCn4cc(NC(=O)c5cc(NC(=O)c6nc(NC(=O)c7nccn7C)cn6C)cn5CCCN)cc4C(N)=O)cn3C)cn2C)cn1C. The van der Waals surface area contributed by atoms with E-state index >= 15 is 0 Å². The molecule has 0 unspecified atom stereocenters. The predicted octanol–water partition coefficient (Wildman–Crippen LogP) is 3.55. The number of amides is 8. The summed E-state index contributed by atoms with van der Waals surface area (Å²) in [5, 5.41) is 19.2. The first kappa shape index (κ1) is 56.0. The van der Waals surface area contributed by atoms with E-state index in [0.29, 0.717) is 79.6 Å². The van der Waals surface area contributed by atoms with E-state index in [0.717, 1.165) is 12.8 Å². The summed E-state index contributed by atoms with van der Waals surface area (Å²) in [5.74, 6) is -3.49. The summed E-state index contributed by atoms with van der Waals surface area (Å²) in [6.45, 7) is 1.63. The maximum atomic E-state index is 13.8. The Morgan fingerprint density at radius 2 is 0.850 bits per heavy atom. The Bertz CT molecular complexity index is 3650. The van der Waals surface area contributed by atoms with Gasteiger partial charge < -0.3 is 85.2 Å². The molecular weight excluding hydrogens is 1030 g/mol. The summed E-state index contributed by atoms with van der Waals surface area (Å²) in [4.78, 5) is 117. The lowest BCUT2D eigenvalue weighted by Crippen LogP contribution is -2.20. The maximum absolute atomic E-state index is 13.8. The van der Waals surface area contributed by atoms with Crippen LogP contribution in [0.5, 0.6) is 0 Å². The van der Waals surface area contributed by atoms with Gasteiger partial charge in [0.25, 0.3) is 47.3 Å². The minimum absolute atomic E-state index is 0.00231. The second-order valence-electron chi connectivity index (χ2n) is 18.9. The molecule has 8 heterocycles. The molecule has 0 aliphatic carbocycles. The number of hydrogen-bond acceptors (Lipinski definition) is 12. The summed E-state index contributed by atoms with van der Waals surface area (Å²) in [6.07, 6.45) is 19.3. The summed E-state index contributed by atoms with van der Waals surface area (Å²) < 4.78 is 12.8. The van der Waals surface area contributed by atoms with Gasteiger partial charge >= 0.3 is 0 Å². The molecule has 0 spiro atoms. The summed E-state index contributed by atoms with van der Waals surface area (Å²) in [7, 11) is 9.81. The van der Waals surface area contributed by atoms with Crippen molar-refractivity contribution in [1.82, 2.24) is 56.8 Å². The number of nitrogens with two attached hydrogens (primary N) is 2. The standard InChI is InChI=1S/C52H62N20O8/c1-55-46(74)37-21-31(25-66(37)3)58-47(75)38-22-32(26-67(38)4)59-48(76)39-23-33(27-68(39)5)61-51(79)44-57-14-19-70(44)15-9-7-8-10-16-71-28-34(20-36(71)42(54)73)60-49(77)40-24-35(29-72(40)17-11-12-53)62-52(80)45-63-41(30-69(45)6)64-50(78)43-56-13-18-65(43)2/h13-14,18-30H,7-12,15-17,53H2,1-6H3,(H2,54,73)(H,55,74)(H,58,75)(H,59,76)(H,60,77)(H,61,79)(H,62,80)(H,64,78). The Hall–Kier alpha value is -10.2. The Balaban J connectivity index is 0.801. The zero-order valence-electron chi connectivity index (χ0n) is 44.9. The molecule has 0 fully saturated rings. The number of carbonyl (C=O) groups excluding carboxylic acids is 8. The van der Waals surface area contributed by atoms with Crippen LogP contribution in [0.4, 0.5) is 34.3 Å². The molecule has 28 heteroatoms. The molecule has 8 rings (SSSR count). The Morgan fingerprint density at radius 3 is 1.38 bits per heavy atom. The van der Waals surface area contributed by atoms with Gasteiger partial charge in [0.1, 0.15) is 28.5 Å². The molecule has 0 saturated carbocycles. The van der Waals surface area contributed by atoms with E-state index in [1.54, 1.807) is 117 Å². The van der Waals surface area contributed by atoms with Gasteiger partial charge in [-0.2, -0.15) is 0 Å². The van der Waals surface area contributed by atoms with Crippen molar-refractivity contribution in [2.24, 2.45) is 46.7 Å². The van der Waals surface area contributed by atoms with Gasteiger partial charge in [-0.15, -0.1) is 0 Å². The minimum atomic E-state index is -0.675. The van der Waals surface area contributed by atoms with Crippen molar-refractivity contribution in [2.75, 3.05) is 45.5 Å². The maximum Gasteiger partial charge on any atom is 0.292 e. The fourth-order valence-electron chi connectivity index (χ4n) is 8.96. The molecule has 8 amide bonds. The highest BCUT2D eigenvalue weighted by atomic mass is 16.2. The molecule has 0 atom stereocenters. The van der Waals surface area contributed by atoms with Gasteiger partial charge in [-0.05, 0) is 56.1 Å². The number of imidazole rings is 3. The van der Waals surface area contributed by atoms with Crippen molar-refractivity contribution in [3.8, 4) is 0 Å². The second-order valence-corrected chi connectivity index (χ2v) is 18.9. The number of primary amides is 1. The van der Waals surface area contributed by atoms with Gasteiger partial charge in [0.15, 0.2) is 17.5 Å². The molecule has 11 N–H and O–H groups in total. The average molecular weight is 1100 g/mol. The topological polar surface area (TPSA) is 351 Å². The van der Waals surface area contributed by atoms with Gasteiger partial charge in [0.2, 0.25) is 5.82 Å². The largest absolute Gasteiger partial charge is 0.364 e. The first-order valence-electron chi connectivity index (χ1n) is 25.3. The van der Waals surface area contributed by atoms with Crippen LogP contribution in [0.2, 0.25) is 0 Å². The van der Waals surface area contributed by atoms with E-state index in [1.165, 1.54) is 54.5 Å². The van der Waals surface area contributed by atoms with Crippen molar-refractivity contribution < 1.29 is 38.4 Å². The molecule has 418 valence electrons. The third-order valence-electron chi connectivity index (χ3n) is 12.9. The lowest BCUT2D eigenvalue weighted by Gasteiger charge is -2.09. The number of nitrogens with zero attached hydrogens (tertiary/aromatic N) is 11. The van der Waals surface area contributed by atoms with Gasteiger partial charge in [-0.3, -0.25) is 38.4 Å². The van der Waals surface area contributed by atoms with Crippen molar-refractivity contribution in [2.45, 2.75) is 51.7 Å². The number of rotatable bonds is 24. The van der Waals surface area contributed by atoms with E-state index in [-0.39, 0.29) is 52.0 Å². The van der Waals surface area contributed by atoms with Crippen molar-refractivity contribution >= 4 is 81.5 Å². The van der Waals surface area contributed by atoms with Gasteiger partial charge in [-0.25, -0.2) is 15.0 Å². The lowest BCUT2D eigenvalue weighted by atomic mass is 10.2. The monoisotopic (exact) mass is 1090 g/mol. The Morgan fingerprint density at radius 1 is 0.425 bits per heavy atom. The number of hydrogen-bond donors (Lipinski definition) is 9. The number of nitrogens with one attached hydrogen (secondary N) is 7. The van der Waals surface area contributed by atoms with E-state index in [4.69, 9.17) is 11.5 Å². The third-order valence-corrected chi connectivity index (χ3v) is 12.9. The molecule has 80 heavy (non-hydrogen) atoms. The molecule has 0 saturated heterocycles. The molecule has 8 aromatic heterocycles. The fraction of sp³-hybridized carbons (Fsp3) is 0.288. The van der Waals surface area contributed by atoms with Crippen molar-refractivity contribution in [3.63, 3.8) is 0 Å². The second kappa shape index (κ2) is 24.4. The number of unbranched alkanes of at least 4 members (excludes halogenated alkanes) is 3. The molecule has 0 aromatic carbocycles. The first-order valence-corrected chi connectivity index (χ1v) is 25.3. The summed E-state index contributed by atoms with van der Waals surface area (Å²) in [5.41, 5.74) is 14.6. The van der Waals surface area contributed by atoms with Crippen LogP contribution in [0.3, 0.4) is 0 Å². The van der Waals surface area contributed by atoms with Crippen LogP contribution in [0.15, 0.2) is 92.3 Å². The minimum Gasteiger partial charge on any atom is -0.364 e. The van der Waals surface area contributed by atoms with Crippen LogP contribution in [-0.4, -0.2) is 112 Å².